The molecule has 0 aliphatic rings. The van der Waals surface area contributed by atoms with Gasteiger partial charge in [0.2, 0.25) is 0 Å². The van der Waals surface area contributed by atoms with Crippen LogP contribution in [0.3, 0.4) is 0 Å². The van der Waals surface area contributed by atoms with Gasteiger partial charge in [-0.2, -0.15) is 12.7 Å². The monoisotopic (exact) mass is 301 g/mol. The summed E-state index contributed by atoms with van der Waals surface area (Å²) in [7, 11) is -3.58. The highest BCUT2D eigenvalue weighted by molar-refractivity contribution is 7.90. The molecule has 3 N–H and O–H groups in total. The minimum atomic E-state index is -3.58. The lowest BCUT2D eigenvalue weighted by molar-refractivity contribution is 0.449. The predicted molar refractivity (Wildman–Crippen MR) is 82.5 cm³/mol. The maximum Gasteiger partial charge on any atom is 0.301 e. The van der Waals surface area contributed by atoms with Crippen LogP contribution in [0, 0.1) is 6.92 Å². The van der Waals surface area contributed by atoms with Gasteiger partial charge in [0.05, 0.1) is 5.69 Å². The lowest BCUT2D eigenvalue weighted by Crippen LogP contribution is -2.36. The van der Waals surface area contributed by atoms with Crippen molar-refractivity contribution in [3.05, 3.63) is 29.3 Å². The Morgan fingerprint density at radius 3 is 2.42 bits per heavy atom. The molecule has 0 unspecified atom stereocenters. The number of nitrogens with two attached hydrogens (primary N) is 1. The van der Waals surface area contributed by atoms with Gasteiger partial charge in [-0.3, -0.25) is 4.72 Å². The van der Waals surface area contributed by atoms with Gasteiger partial charge in [-0.25, -0.2) is 0 Å². The number of anilines is 1. The summed E-state index contributed by atoms with van der Waals surface area (Å²) in [6.45, 7) is 6.21. The van der Waals surface area contributed by atoms with Crippen molar-refractivity contribution in [1.82, 2.24) is 4.31 Å². The van der Waals surface area contributed by atoms with Crippen molar-refractivity contribution in [2.75, 3.05) is 17.8 Å². The smallest absolute Gasteiger partial charge is 0.301 e. The summed E-state index contributed by atoms with van der Waals surface area (Å²) in [5, 5.41) is 0. The molecule has 0 aliphatic heterocycles. The van der Waals surface area contributed by atoms with Crippen molar-refractivity contribution in [1.29, 1.82) is 0 Å². The lowest BCUT2D eigenvalue weighted by atomic mass is 10.1. The number of aryl methyl sites for hydroxylation is 1. The third-order valence-electron chi connectivity index (χ3n) is 2.80. The summed E-state index contributed by atoms with van der Waals surface area (Å²) < 4.78 is 28.2. The minimum Gasteiger partial charge on any atom is -0.389 e. The fraction of sp³-hybridized carbons (Fsp3) is 0.417. The molecule has 1 aromatic rings. The standard InChI is InChI=1S/C12H19N3O2S2/c1-4-15(5-2)19(16,17)14-10-8-6-7-9(3)11(10)12(13)18/h6-8,14H,4-5H2,1-3H3,(H2,13,18). The lowest BCUT2D eigenvalue weighted by Gasteiger charge is -2.21. The molecule has 5 nitrogen and oxygen atoms in total. The zero-order chi connectivity index (χ0) is 14.6. The van der Waals surface area contributed by atoms with Crippen molar-refractivity contribution in [2.45, 2.75) is 20.8 Å². The fourth-order valence-corrected chi connectivity index (χ4v) is 3.37. The summed E-state index contributed by atoms with van der Waals surface area (Å²) in [6, 6.07) is 5.25. The number of nitrogens with one attached hydrogen (secondary N) is 1. The Morgan fingerprint density at radius 2 is 1.95 bits per heavy atom. The molecule has 0 heterocycles. The van der Waals surface area contributed by atoms with E-state index in [0.717, 1.165) is 5.56 Å². The van der Waals surface area contributed by atoms with Crippen LogP contribution < -0.4 is 10.5 Å². The molecular weight excluding hydrogens is 282 g/mol. The van der Waals surface area contributed by atoms with Crippen LogP contribution in [0.4, 0.5) is 5.69 Å². The Bertz CT molecular complexity index is 566. The van der Waals surface area contributed by atoms with E-state index in [1.807, 2.05) is 13.0 Å². The van der Waals surface area contributed by atoms with Gasteiger partial charge in [0.1, 0.15) is 4.99 Å². The zero-order valence-corrected chi connectivity index (χ0v) is 12.9. The van der Waals surface area contributed by atoms with Crippen molar-refractivity contribution in [2.24, 2.45) is 5.73 Å². The number of hydrogen-bond donors (Lipinski definition) is 2. The molecule has 0 saturated carbocycles. The number of thiocarbonyl (C=S) groups is 1. The van der Waals surface area contributed by atoms with Gasteiger partial charge in [0, 0.05) is 18.7 Å². The molecule has 1 rings (SSSR count). The Hall–Kier alpha value is -1.18. The van der Waals surface area contributed by atoms with Gasteiger partial charge in [-0.15, -0.1) is 0 Å². The Morgan fingerprint density at radius 1 is 1.37 bits per heavy atom. The summed E-state index contributed by atoms with van der Waals surface area (Å²) in [5.41, 5.74) is 7.48. The maximum absolute atomic E-state index is 12.2. The van der Waals surface area contributed by atoms with E-state index in [4.69, 9.17) is 18.0 Å². The number of rotatable bonds is 6. The van der Waals surface area contributed by atoms with E-state index in [1.165, 1.54) is 4.31 Å². The van der Waals surface area contributed by atoms with Crippen molar-refractivity contribution in [3.63, 3.8) is 0 Å². The second-order valence-corrected chi connectivity index (χ2v) is 6.16. The van der Waals surface area contributed by atoms with Crippen molar-refractivity contribution in [3.8, 4) is 0 Å². The molecule has 1 aromatic carbocycles. The van der Waals surface area contributed by atoms with Crippen LogP contribution in [-0.4, -0.2) is 30.8 Å². The molecule has 19 heavy (non-hydrogen) atoms. The van der Waals surface area contributed by atoms with Gasteiger partial charge in [0.25, 0.3) is 0 Å². The molecule has 0 aromatic heterocycles. The summed E-state index contributed by atoms with van der Waals surface area (Å²) >= 11 is 4.98. The molecule has 0 amide bonds. The largest absolute Gasteiger partial charge is 0.389 e. The Balaban J connectivity index is 3.20. The zero-order valence-electron chi connectivity index (χ0n) is 11.3. The summed E-state index contributed by atoms with van der Waals surface area (Å²) in [5.74, 6) is 0. The average Bonchev–Trinajstić information content (AvgIpc) is 2.28. The molecule has 7 heteroatoms. The van der Waals surface area contributed by atoms with Crippen LogP contribution in [0.25, 0.3) is 0 Å². The van der Waals surface area contributed by atoms with Crippen molar-refractivity contribution < 1.29 is 8.42 Å². The number of benzene rings is 1. The highest BCUT2D eigenvalue weighted by atomic mass is 32.2. The Kier molecular flexibility index (Phi) is 5.28. The summed E-state index contributed by atoms with van der Waals surface area (Å²) in [6.07, 6.45) is 0. The minimum absolute atomic E-state index is 0.176. The third-order valence-corrected chi connectivity index (χ3v) is 4.68. The van der Waals surface area contributed by atoms with E-state index in [-0.39, 0.29) is 4.99 Å². The van der Waals surface area contributed by atoms with Crippen LogP contribution in [0.2, 0.25) is 0 Å². The normalized spacial score (nSPS) is 11.6. The average molecular weight is 301 g/mol. The fourth-order valence-electron chi connectivity index (χ4n) is 1.85. The molecule has 0 fully saturated rings. The predicted octanol–water partition coefficient (Wildman–Crippen LogP) is 1.63. The van der Waals surface area contributed by atoms with Gasteiger partial charge < -0.3 is 5.73 Å². The molecular formula is C12H19N3O2S2. The van der Waals surface area contributed by atoms with Gasteiger partial charge in [-0.05, 0) is 18.6 Å². The number of nitrogens with zero attached hydrogens (tertiary/aromatic N) is 1. The van der Waals surface area contributed by atoms with Crippen LogP contribution in [0.5, 0.6) is 0 Å². The molecule has 0 atom stereocenters. The van der Waals surface area contributed by atoms with E-state index in [0.29, 0.717) is 24.3 Å². The second kappa shape index (κ2) is 6.31. The maximum atomic E-state index is 12.2. The molecule has 0 saturated heterocycles. The highest BCUT2D eigenvalue weighted by Crippen LogP contribution is 2.21. The molecule has 106 valence electrons. The first-order chi connectivity index (χ1) is 8.83. The van der Waals surface area contributed by atoms with Crippen LogP contribution in [-0.2, 0) is 10.2 Å². The van der Waals surface area contributed by atoms with Crippen LogP contribution in [0.1, 0.15) is 25.0 Å². The van der Waals surface area contributed by atoms with Crippen LogP contribution in [0.15, 0.2) is 18.2 Å². The van der Waals surface area contributed by atoms with E-state index in [2.05, 4.69) is 4.72 Å². The van der Waals surface area contributed by atoms with E-state index < -0.39 is 10.2 Å². The summed E-state index contributed by atoms with van der Waals surface area (Å²) in [4.78, 5) is 0.176. The van der Waals surface area contributed by atoms with Crippen LogP contribution >= 0.6 is 12.2 Å². The highest BCUT2D eigenvalue weighted by Gasteiger charge is 2.20. The van der Waals surface area contributed by atoms with Gasteiger partial charge in [-0.1, -0.05) is 38.2 Å². The Labute approximate surface area is 120 Å². The van der Waals surface area contributed by atoms with E-state index in [1.54, 1.807) is 26.0 Å². The van der Waals surface area contributed by atoms with E-state index in [9.17, 15) is 8.42 Å². The topological polar surface area (TPSA) is 75.4 Å². The van der Waals surface area contributed by atoms with E-state index >= 15 is 0 Å². The number of hydrogen-bond acceptors (Lipinski definition) is 3. The third kappa shape index (κ3) is 3.65. The quantitative estimate of drug-likeness (QED) is 0.783. The first-order valence-electron chi connectivity index (χ1n) is 6.00. The molecule has 0 aliphatic carbocycles. The SMILES string of the molecule is CCN(CC)S(=O)(=O)Nc1cccc(C)c1C(N)=S. The van der Waals surface area contributed by atoms with Crippen molar-refractivity contribution >= 4 is 33.1 Å². The van der Waals surface area contributed by atoms with Gasteiger partial charge >= 0.3 is 10.2 Å². The van der Waals surface area contributed by atoms with Gasteiger partial charge in [0.15, 0.2) is 0 Å². The first-order valence-corrected chi connectivity index (χ1v) is 7.85. The first kappa shape index (κ1) is 15.9. The molecule has 0 radical (unpaired) electrons. The molecule has 0 bridgehead atoms. The molecule has 0 spiro atoms. The second-order valence-electron chi connectivity index (χ2n) is 4.05.